The van der Waals surface area contributed by atoms with E-state index in [2.05, 4.69) is 22.7 Å². The van der Waals surface area contributed by atoms with Crippen LogP contribution in [0.25, 0.3) is 0 Å². The maximum Gasteiger partial charge on any atom is 0.307 e. The molecule has 0 unspecified atom stereocenters. The molecular formula is C12H12N2O2. The first kappa shape index (κ1) is 9.39. The van der Waals surface area contributed by atoms with Gasteiger partial charge in [0.2, 0.25) is 0 Å². The topological polar surface area (TPSA) is 54.6 Å². The van der Waals surface area contributed by atoms with E-state index in [1.165, 1.54) is 6.26 Å². The molecule has 0 aromatic carbocycles. The van der Waals surface area contributed by atoms with E-state index in [1.807, 2.05) is 0 Å². The first-order valence-electron chi connectivity index (χ1n) is 5.41. The van der Waals surface area contributed by atoms with Gasteiger partial charge in [-0.1, -0.05) is 12.2 Å². The van der Waals surface area contributed by atoms with Gasteiger partial charge >= 0.3 is 5.91 Å². The highest BCUT2D eigenvalue weighted by molar-refractivity contribution is 5.96. The largest absolute Gasteiger partial charge is 0.459 e. The highest BCUT2D eigenvalue weighted by atomic mass is 16.3. The molecule has 0 bridgehead atoms. The normalized spacial score (nSPS) is 28.9. The third-order valence-electron chi connectivity index (χ3n) is 3.21. The summed E-state index contributed by atoms with van der Waals surface area (Å²) >= 11 is 0. The predicted octanol–water partition coefficient (Wildman–Crippen LogP) is 1.96. The van der Waals surface area contributed by atoms with Crippen LogP contribution in [0.4, 0.5) is 0 Å². The summed E-state index contributed by atoms with van der Waals surface area (Å²) in [5, 5.41) is 4.15. The number of hydrogen-bond acceptors (Lipinski definition) is 3. The highest BCUT2D eigenvalue weighted by Crippen LogP contribution is 2.39. The minimum absolute atomic E-state index is 0.285. The lowest BCUT2D eigenvalue weighted by molar-refractivity contribution is 0.0926. The van der Waals surface area contributed by atoms with E-state index in [9.17, 15) is 4.79 Å². The number of hydrogen-bond donors (Lipinski definition) is 1. The van der Waals surface area contributed by atoms with E-state index >= 15 is 0 Å². The quantitative estimate of drug-likeness (QED) is 0.607. The maximum atomic E-state index is 11.5. The second-order valence-corrected chi connectivity index (χ2v) is 4.16. The Balaban J connectivity index is 1.61. The minimum atomic E-state index is -0.285. The van der Waals surface area contributed by atoms with Crippen molar-refractivity contribution >= 4 is 11.6 Å². The summed E-state index contributed by atoms with van der Waals surface area (Å²) in [4.78, 5) is 11.5. The zero-order chi connectivity index (χ0) is 11.0. The predicted molar refractivity (Wildman–Crippen MR) is 59.0 cm³/mol. The number of nitrogens with one attached hydrogen (secondary N) is 1. The number of fused-ring (bicyclic) bond motifs is 1. The molecule has 1 aromatic rings. The van der Waals surface area contributed by atoms with Crippen molar-refractivity contribution in [3.05, 3.63) is 36.3 Å². The van der Waals surface area contributed by atoms with Gasteiger partial charge in [-0.05, 0) is 30.9 Å². The van der Waals surface area contributed by atoms with Crippen LogP contribution < -0.4 is 5.43 Å². The summed E-state index contributed by atoms with van der Waals surface area (Å²) in [6.07, 6.45) is 7.92. The molecule has 0 saturated heterocycles. The van der Waals surface area contributed by atoms with Gasteiger partial charge in [0.15, 0.2) is 5.76 Å². The van der Waals surface area contributed by atoms with E-state index in [0.29, 0.717) is 17.6 Å². The number of nitrogens with zero attached hydrogens (tertiary/aromatic N) is 1. The molecule has 2 aliphatic carbocycles. The van der Waals surface area contributed by atoms with Crippen LogP contribution in [0.3, 0.4) is 0 Å². The molecular weight excluding hydrogens is 204 g/mol. The summed E-state index contributed by atoms with van der Waals surface area (Å²) in [6, 6.07) is 3.30. The summed E-state index contributed by atoms with van der Waals surface area (Å²) < 4.78 is 4.97. The number of hydrazone groups is 1. The molecule has 1 fully saturated rings. The average Bonchev–Trinajstić information content (AvgIpc) is 2.88. The van der Waals surface area contributed by atoms with E-state index < -0.39 is 0 Å². The van der Waals surface area contributed by atoms with Crippen molar-refractivity contribution in [3.63, 3.8) is 0 Å². The number of allylic oxidation sites excluding steroid dienone is 2. The molecule has 4 heteroatoms. The molecule has 1 saturated carbocycles. The zero-order valence-corrected chi connectivity index (χ0v) is 8.72. The van der Waals surface area contributed by atoms with Crippen LogP contribution in [-0.2, 0) is 0 Å². The van der Waals surface area contributed by atoms with Crippen LogP contribution in [0.2, 0.25) is 0 Å². The summed E-state index contributed by atoms with van der Waals surface area (Å²) in [5.74, 6) is 1.19. The Morgan fingerprint density at radius 3 is 3.25 bits per heavy atom. The Hall–Kier alpha value is -1.84. The van der Waals surface area contributed by atoms with Gasteiger partial charge in [-0.3, -0.25) is 4.79 Å². The van der Waals surface area contributed by atoms with Crippen molar-refractivity contribution in [1.29, 1.82) is 0 Å². The fraction of sp³-hybridized carbons (Fsp3) is 0.333. The van der Waals surface area contributed by atoms with Gasteiger partial charge < -0.3 is 4.42 Å². The molecule has 0 aliphatic heterocycles. The lowest BCUT2D eigenvalue weighted by Crippen LogP contribution is -2.35. The SMILES string of the molecule is O=C(N/N=C1\C[C@@H]2C=CC[C@@H]12)c1ccco1. The van der Waals surface area contributed by atoms with Gasteiger partial charge in [-0.2, -0.15) is 5.10 Å². The van der Waals surface area contributed by atoms with Crippen molar-refractivity contribution < 1.29 is 9.21 Å². The third kappa shape index (κ3) is 1.46. The van der Waals surface area contributed by atoms with Gasteiger partial charge in [0.05, 0.1) is 6.26 Å². The molecule has 1 aromatic heterocycles. The highest BCUT2D eigenvalue weighted by Gasteiger charge is 2.38. The molecule has 1 amide bonds. The minimum Gasteiger partial charge on any atom is -0.459 e. The number of rotatable bonds is 2. The summed E-state index contributed by atoms with van der Waals surface area (Å²) in [7, 11) is 0. The van der Waals surface area contributed by atoms with Gasteiger partial charge in [0.1, 0.15) is 0 Å². The molecule has 1 heterocycles. The Morgan fingerprint density at radius 1 is 1.56 bits per heavy atom. The van der Waals surface area contributed by atoms with E-state index in [-0.39, 0.29) is 5.91 Å². The van der Waals surface area contributed by atoms with Crippen LogP contribution in [0.5, 0.6) is 0 Å². The Labute approximate surface area is 93.0 Å². The zero-order valence-electron chi connectivity index (χ0n) is 8.72. The van der Waals surface area contributed by atoms with Crippen molar-refractivity contribution in [2.24, 2.45) is 16.9 Å². The third-order valence-corrected chi connectivity index (χ3v) is 3.21. The lowest BCUT2D eigenvalue weighted by atomic mass is 9.74. The fourth-order valence-corrected chi connectivity index (χ4v) is 2.25. The van der Waals surface area contributed by atoms with Crippen LogP contribution in [0.15, 0.2) is 40.1 Å². The van der Waals surface area contributed by atoms with Crippen LogP contribution in [0.1, 0.15) is 23.4 Å². The van der Waals surface area contributed by atoms with E-state index in [1.54, 1.807) is 12.1 Å². The number of amides is 1. The molecule has 16 heavy (non-hydrogen) atoms. The summed E-state index contributed by atoms with van der Waals surface area (Å²) in [6.45, 7) is 0. The van der Waals surface area contributed by atoms with Crippen LogP contribution in [0, 0.1) is 11.8 Å². The van der Waals surface area contributed by atoms with Crippen LogP contribution >= 0.6 is 0 Å². The number of carbonyl (C=O) groups is 1. The average molecular weight is 216 g/mol. The maximum absolute atomic E-state index is 11.5. The second kappa shape index (κ2) is 3.63. The smallest absolute Gasteiger partial charge is 0.307 e. The first-order chi connectivity index (χ1) is 7.84. The van der Waals surface area contributed by atoms with Crippen molar-refractivity contribution in [2.45, 2.75) is 12.8 Å². The standard InChI is InChI=1S/C12H12N2O2/c15-12(11-5-2-6-16-11)14-13-10-7-8-3-1-4-9(8)10/h1-3,5-6,8-9H,4,7H2,(H,14,15)/b13-10+/t8-,9+/m0/s1. The van der Waals surface area contributed by atoms with Gasteiger partial charge in [-0.25, -0.2) is 5.43 Å². The Kier molecular flexibility index (Phi) is 2.13. The van der Waals surface area contributed by atoms with Gasteiger partial charge in [0.25, 0.3) is 0 Å². The molecule has 4 nitrogen and oxygen atoms in total. The Bertz CT molecular complexity index is 459. The fourth-order valence-electron chi connectivity index (χ4n) is 2.25. The van der Waals surface area contributed by atoms with E-state index in [4.69, 9.17) is 4.42 Å². The lowest BCUT2D eigenvalue weighted by Gasteiger charge is -2.31. The second-order valence-electron chi connectivity index (χ2n) is 4.16. The molecule has 2 aliphatic rings. The Morgan fingerprint density at radius 2 is 2.50 bits per heavy atom. The van der Waals surface area contributed by atoms with Crippen LogP contribution in [-0.4, -0.2) is 11.6 Å². The van der Waals surface area contributed by atoms with Gasteiger partial charge in [-0.15, -0.1) is 0 Å². The summed E-state index contributed by atoms with van der Waals surface area (Å²) in [5.41, 5.74) is 3.62. The van der Waals surface area contributed by atoms with Gasteiger partial charge in [0, 0.05) is 11.6 Å². The molecule has 3 rings (SSSR count). The van der Waals surface area contributed by atoms with Crippen molar-refractivity contribution in [2.75, 3.05) is 0 Å². The van der Waals surface area contributed by atoms with E-state index in [0.717, 1.165) is 18.6 Å². The molecule has 82 valence electrons. The molecule has 1 N–H and O–H groups in total. The van der Waals surface area contributed by atoms with Crippen molar-refractivity contribution in [1.82, 2.24) is 5.43 Å². The molecule has 0 spiro atoms. The number of carbonyl (C=O) groups excluding carboxylic acids is 1. The first-order valence-corrected chi connectivity index (χ1v) is 5.41. The number of furan rings is 1. The molecule has 2 atom stereocenters. The van der Waals surface area contributed by atoms with Crippen molar-refractivity contribution in [3.8, 4) is 0 Å². The molecule has 0 radical (unpaired) electrons. The monoisotopic (exact) mass is 216 g/mol.